The van der Waals surface area contributed by atoms with E-state index in [1.807, 2.05) is 18.2 Å². The molecule has 0 saturated carbocycles. The van der Waals surface area contributed by atoms with Gasteiger partial charge in [0.15, 0.2) is 0 Å². The average molecular weight is 289 g/mol. The van der Waals surface area contributed by atoms with Crippen LogP contribution in [-0.4, -0.2) is 5.54 Å². The van der Waals surface area contributed by atoms with Gasteiger partial charge in [-0.15, -0.1) is 0 Å². The van der Waals surface area contributed by atoms with E-state index in [1.54, 1.807) is 12.1 Å². The van der Waals surface area contributed by atoms with Crippen LogP contribution >= 0.6 is 11.8 Å². The minimum Gasteiger partial charge on any atom is -0.308 e. The zero-order chi connectivity index (χ0) is 14.6. The summed E-state index contributed by atoms with van der Waals surface area (Å²) in [6.45, 7) is 7.29. The van der Waals surface area contributed by atoms with Gasteiger partial charge in [0.25, 0.3) is 0 Å². The molecule has 0 atom stereocenters. The van der Waals surface area contributed by atoms with Gasteiger partial charge in [-0.1, -0.05) is 36.0 Å². The van der Waals surface area contributed by atoms with Gasteiger partial charge in [-0.3, -0.25) is 0 Å². The van der Waals surface area contributed by atoms with Gasteiger partial charge in [0, 0.05) is 21.9 Å². The van der Waals surface area contributed by atoms with E-state index in [-0.39, 0.29) is 11.4 Å². The van der Waals surface area contributed by atoms with Crippen molar-refractivity contribution in [2.75, 3.05) is 0 Å². The third kappa shape index (κ3) is 4.66. The van der Waals surface area contributed by atoms with Gasteiger partial charge >= 0.3 is 0 Å². The van der Waals surface area contributed by atoms with Crippen molar-refractivity contribution in [1.82, 2.24) is 5.32 Å². The maximum atomic E-state index is 13.6. The van der Waals surface area contributed by atoms with E-state index >= 15 is 0 Å². The average Bonchev–Trinajstić information content (AvgIpc) is 2.40. The number of rotatable bonds is 4. The predicted molar refractivity (Wildman–Crippen MR) is 83.6 cm³/mol. The number of nitrogens with one attached hydrogen (secondary N) is 1. The van der Waals surface area contributed by atoms with Gasteiger partial charge in [0.1, 0.15) is 5.82 Å². The van der Waals surface area contributed by atoms with Crippen LogP contribution in [-0.2, 0) is 6.54 Å². The third-order valence-corrected chi connectivity index (χ3v) is 3.87. The van der Waals surface area contributed by atoms with Crippen LogP contribution in [0.25, 0.3) is 0 Å². The number of benzene rings is 2. The number of hydrogen-bond acceptors (Lipinski definition) is 2. The van der Waals surface area contributed by atoms with Crippen molar-refractivity contribution >= 4 is 11.8 Å². The van der Waals surface area contributed by atoms with Crippen LogP contribution < -0.4 is 5.32 Å². The lowest BCUT2D eigenvalue weighted by atomic mass is 10.1. The first-order chi connectivity index (χ1) is 9.44. The lowest BCUT2D eigenvalue weighted by molar-refractivity contribution is 0.424. The third-order valence-electron chi connectivity index (χ3n) is 2.81. The molecule has 106 valence electrons. The van der Waals surface area contributed by atoms with Crippen LogP contribution in [0.5, 0.6) is 0 Å². The van der Waals surface area contributed by atoms with Crippen LogP contribution in [0.3, 0.4) is 0 Å². The van der Waals surface area contributed by atoms with Crippen molar-refractivity contribution in [3.8, 4) is 0 Å². The molecular formula is C17H20FNS. The molecule has 3 heteroatoms. The topological polar surface area (TPSA) is 12.0 Å². The quantitative estimate of drug-likeness (QED) is 0.862. The highest BCUT2D eigenvalue weighted by atomic mass is 32.2. The Labute approximate surface area is 124 Å². The van der Waals surface area contributed by atoms with E-state index in [9.17, 15) is 4.39 Å². The Kier molecular flexibility index (Phi) is 4.84. The first kappa shape index (κ1) is 15.1. The Morgan fingerprint density at radius 1 is 1.00 bits per heavy atom. The van der Waals surface area contributed by atoms with E-state index in [4.69, 9.17) is 0 Å². The molecule has 1 N–H and O–H groups in total. The molecule has 0 spiro atoms. The molecule has 2 aromatic carbocycles. The first-order valence-electron chi connectivity index (χ1n) is 6.70. The second-order valence-corrected chi connectivity index (χ2v) is 6.90. The Morgan fingerprint density at radius 2 is 1.65 bits per heavy atom. The molecule has 0 saturated heterocycles. The van der Waals surface area contributed by atoms with Gasteiger partial charge in [-0.25, -0.2) is 4.39 Å². The summed E-state index contributed by atoms with van der Waals surface area (Å²) >= 11 is 1.45. The van der Waals surface area contributed by atoms with Crippen LogP contribution in [0.4, 0.5) is 4.39 Å². The summed E-state index contributed by atoms with van der Waals surface area (Å²) in [5.41, 5.74) is 1.35. The normalized spacial score (nSPS) is 11.6. The molecule has 0 unspecified atom stereocenters. The molecule has 0 aliphatic carbocycles. The van der Waals surface area contributed by atoms with Gasteiger partial charge in [-0.05, 0) is 50.6 Å². The molecule has 0 aliphatic rings. The minimum atomic E-state index is -0.170. The minimum absolute atomic E-state index is 0.112. The lowest BCUT2D eigenvalue weighted by Gasteiger charge is -2.20. The summed E-state index contributed by atoms with van der Waals surface area (Å²) in [5.74, 6) is -0.170. The molecule has 1 nitrogen and oxygen atoms in total. The maximum Gasteiger partial charge on any atom is 0.137 e. The fourth-order valence-corrected chi connectivity index (χ4v) is 2.54. The predicted octanol–water partition coefficient (Wildman–Crippen LogP) is 4.87. The number of halogens is 1. The van der Waals surface area contributed by atoms with Crippen molar-refractivity contribution in [3.05, 3.63) is 59.9 Å². The number of hydrogen-bond donors (Lipinski definition) is 1. The van der Waals surface area contributed by atoms with Gasteiger partial charge in [-0.2, -0.15) is 0 Å². The highest BCUT2D eigenvalue weighted by Gasteiger charge is 2.08. The Hall–Kier alpha value is -1.32. The van der Waals surface area contributed by atoms with E-state index in [0.29, 0.717) is 4.90 Å². The molecule has 0 amide bonds. The molecule has 20 heavy (non-hydrogen) atoms. The molecule has 0 radical (unpaired) electrons. The second-order valence-electron chi connectivity index (χ2n) is 5.78. The Balaban J connectivity index is 2.00. The van der Waals surface area contributed by atoms with E-state index in [0.717, 1.165) is 11.4 Å². The molecule has 0 aliphatic heterocycles. The molecule has 2 rings (SSSR count). The summed E-state index contributed by atoms with van der Waals surface area (Å²) < 4.78 is 13.6. The van der Waals surface area contributed by atoms with Gasteiger partial charge in [0.05, 0.1) is 0 Å². The smallest absolute Gasteiger partial charge is 0.137 e. The van der Waals surface area contributed by atoms with E-state index in [1.165, 1.54) is 23.4 Å². The SMILES string of the molecule is CC(C)(C)NCc1ccc(Sc2ccccc2F)cc1. The summed E-state index contributed by atoms with van der Waals surface area (Å²) in [5, 5.41) is 3.45. The van der Waals surface area contributed by atoms with Crippen molar-refractivity contribution in [3.63, 3.8) is 0 Å². The monoisotopic (exact) mass is 289 g/mol. The fraction of sp³-hybridized carbons (Fsp3) is 0.294. The van der Waals surface area contributed by atoms with Crippen molar-refractivity contribution < 1.29 is 4.39 Å². The fourth-order valence-electron chi connectivity index (χ4n) is 1.70. The molecule has 0 bridgehead atoms. The van der Waals surface area contributed by atoms with Gasteiger partial charge < -0.3 is 5.32 Å². The zero-order valence-electron chi connectivity index (χ0n) is 12.1. The molecule has 0 heterocycles. The summed E-state index contributed by atoms with van der Waals surface area (Å²) in [6.07, 6.45) is 0. The van der Waals surface area contributed by atoms with Crippen molar-refractivity contribution in [1.29, 1.82) is 0 Å². The van der Waals surface area contributed by atoms with Crippen LogP contribution in [0.15, 0.2) is 58.3 Å². The Bertz CT molecular complexity index is 558. The highest BCUT2D eigenvalue weighted by Crippen LogP contribution is 2.29. The van der Waals surface area contributed by atoms with Crippen LogP contribution in [0.1, 0.15) is 26.3 Å². The summed E-state index contributed by atoms with van der Waals surface area (Å²) in [7, 11) is 0. The zero-order valence-corrected chi connectivity index (χ0v) is 12.9. The lowest BCUT2D eigenvalue weighted by Crippen LogP contribution is -2.35. The molecule has 2 aromatic rings. The van der Waals surface area contributed by atoms with Crippen molar-refractivity contribution in [2.45, 2.75) is 42.6 Å². The van der Waals surface area contributed by atoms with E-state index in [2.05, 4.69) is 38.2 Å². The second kappa shape index (κ2) is 6.42. The molecule has 0 fully saturated rings. The maximum absolute atomic E-state index is 13.6. The van der Waals surface area contributed by atoms with Crippen molar-refractivity contribution in [2.24, 2.45) is 0 Å². The molecule has 0 aromatic heterocycles. The van der Waals surface area contributed by atoms with Crippen LogP contribution in [0, 0.1) is 5.82 Å². The largest absolute Gasteiger partial charge is 0.308 e. The standard InChI is InChI=1S/C17H20FNS/c1-17(2,3)19-12-13-8-10-14(11-9-13)20-16-7-5-4-6-15(16)18/h4-11,19H,12H2,1-3H3. The molecular weight excluding hydrogens is 269 g/mol. The van der Waals surface area contributed by atoms with E-state index < -0.39 is 0 Å². The summed E-state index contributed by atoms with van der Waals surface area (Å²) in [4.78, 5) is 1.71. The Morgan fingerprint density at radius 3 is 2.25 bits per heavy atom. The van der Waals surface area contributed by atoms with Gasteiger partial charge in [0.2, 0.25) is 0 Å². The van der Waals surface area contributed by atoms with Crippen LogP contribution in [0.2, 0.25) is 0 Å². The summed E-state index contributed by atoms with van der Waals surface area (Å²) in [6, 6.07) is 15.1. The first-order valence-corrected chi connectivity index (χ1v) is 7.52. The highest BCUT2D eigenvalue weighted by molar-refractivity contribution is 7.99.